The van der Waals surface area contributed by atoms with E-state index in [0.29, 0.717) is 24.5 Å². The first-order valence-corrected chi connectivity index (χ1v) is 5.35. The van der Waals surface area contributed by atoms with Gasteiger partial charge in [-0.15, -0.1) is 0 Å². The maximum Gasteiger partial charge on any atom is 0.161 e. The first-order valence-electron chi connectivity index (χ1n) is 5.35. The fourth-order valence-corrected chi connectivity index (χ4v) is 1.47. The van der Waals surface area contributed by atoms with Gasteiger partial charge in [-0.05, 0) is 31.0 Å². The zero-order valence-electron chi connectivity index (χ0n) is 9.70. The molecule has 3 nitrogen and oxygen atoms in total. The molecule has 4 heteroatoms. The van der Waals surface area contributed by atoms with E-state index >= 15 is 0 Å². The van der Waals surface area contributed by atoms with Gasteiger partial charge in [0.2, 0.25) is 0 Å². The summed E-state index contributed by atoms with van der Waals surface area (Å²) in [6.45, 7) is 2.06. The molecule has 1 aromatic rings. The predicted molar refractivity (Wildman–Crippen MR) is 61.7 cm³/mol. The van der Waals surface area contributed by atoms with Crippen LogP contribution in [0.4, 0.5) is 4.39 Å². The van der Waals surface area contributed by atoms with Gasteiger partial charge in [-0.1, -0.05) is 6.07 Å². The number of ether oxygens (including phenoxy) is 2. The van der Waals surface area contributed by atoms with Gasteiger partial charge in [-0.3, -0.25) is 4.39 Å². The molecule has 0 bridgehead atoms. The summed E-state index contributed by atoms with van der Waals surface area (Å²) in [5.74, 6) is 1.31. The van der Waals surface area contributed by atoms with Gasteiger partial charge in [-0.2, -0.15) is 0 Å². The summed E-state index contributed by atoms with van der Waals surface area (Å²) in [6.07, 6.45) is 0.317. The van der Waals surface area contributed by atoms with E-state index < -0.39 is 6.67 Å². The van der Waals surface area contributed by atoms with E-state index in [1.54, 1.807) is 19.2 Å². The molecule has 0 radical (unpaired) electrons. The van der Waals surface area contributed by atoms with Crippen molar-refractivity contribution in [3.8, 4) is 11.5 Å². The molecule has 0 heterocycles. The predicted octanol–water partition coefficient (Wildman–Crippen LogP) is 2.45. The number of halogens is 1. The van der Waals surface area contributed by atoms with E-state index in [1.807, 2.05) is 13.0 Å². The minimum absolute atomic E-state index is 0.297. The van der Waals surface area contributed by atoms with Crippen molar-refractivity contribution in [1.29, 1.82) is 0 Å². The SMILES string of the molecule is CCOc1ccc([C@@H](N)CCF)cc1OC. The number of hydrogen-bond donors (Lipinski definition) is 1. The number of alkyl halides is 1. The van der Waals surface area contributed by atoms with Gasteiger partial charge in [-0.25, -0.2) is 0 Å². The third-order valence-corrected chi connectivity index (χ3v) is 2.34. The molecule has 0 aliphatic carbocycles. The Morgan fingerprint density at radius 3 is 2.69 bits per heavy atom. The number of nitrogens with two attached hydrogens (primary N) is 1. The van der Waals surface area contributed by atoms with Gasteiger partial charge in [0, 0.05) is 6.04 Å². The minimum Gasteiger partial charge on any atom is -0.493 e. The molecule has 1 rings (SSSR count). The molecule has 0 aliphatic rings. The molecule has 1 aromatic carbocycles. The van der Waals surface area contributed by atoms with E-state index in [0.717, 1.165) is 5.56 Å². The Bertz CT molecular complexity index is 331. The van der Waals surface area contributed by atoms with Crippen LogP contribution in [-0.4, -0.2) is 20.4 Å². The molecule has 0 aromatic heterocycles. The summed E-state index contributed by atoms with van der Waals surface area (Å²) in [5, 5.41) is 0. The zero-order chi connectivity index (χ0) is 12.0. The Kier molecular flexibility index (Phi) is 5.05. The Balaban J connectivity index is 2.89. The van der Waals surface area contributed by atoms with Gasteiger partial charge in [0.25, 0.3) is 0 Å². The summed E-state index contributed by atoms with van der Waals surface area (Å²) in [7, 11) is 1.57. The van der Waals surface area contributed by atoms with Crippen molar-refractivity contribution in [3.05, 3.63) is 23.8 Å². The summed E-state index contributed by atoms with van der Waals surface area (Å²) in [4.78, 5) is 0. The molecule has 1 atom stereocenters. The second-order valence-corrected chi connectivity index (χ2v) is 3.43. The highest BCUT2D eigenvalue weighted by Crippen LogP contribution is 2.30. The quantitative estimate of drug-likeness (QED) is 0.811. The third kappa shape index (κ3) is 3.10. The molecule has 0 saturated carbocycles. The van der Waals surface area contributed by atoms with Gasteiger partial charge in [0.05, 0.1) is 20.4 Å². The van der Waals surface area contributed by atoms with Crippen molar-refractivity contribution < 1.29 is 13.9 Å². The topological polar surface area (TPSA) is 44.5 Å². The average molecular weight is 227 g/mol. The lowest BCUT2D eigenvalue weighted by Gasteiger charge is -2.14. The first-order chi connectivity index (χ1) is 7.72. The Morgan fingerprint density at radius 2 is 2.12 bits per heavy atom. The number of benzene rings is 1. The largest absolute Gasteiger partial charge is 0.493 e. The van der Waals surface area contributed by atoms with Gasteiger partial charge in [0.1, 0.15) is 0 Å². The van der Waals surface area contributed by atoms with E-state index in [2.05, 4.69) is 0 Å². The van der Waals surface area contributed by atoms with Crippen LogP contribution in [-0.2, 0) is 0 Å². The van der Waals surface area contributed by atoms with E-state index in [9.17, 15) is 4.39 Å². The van der Waals surface area contributed by atoms with E-state index in [4.69, 9.17) is 15.2 Å². The van der Waals surface area contributed by atoms with Crippen LogP contribution in [0.1, 0.15) is 24.9 Å². The van der Waals surface area contributed by atoms with Crippen LogP contribution in [0.2, 0.25) is 0 Å². The molecule has 0 spiro atoms. The van der Waals surface area contributed by atoms with Gasteiger partial charge in [0.15, 0.2) is 11.5 Å². The second kappa shape index (κ2) is 6.33. The van der Waals surface area contributed by atoms with Crippen LogP contribution >= 0.6 is 0 Å². The number of rotatable bonds is 6. The molecule has 2 N–H and O–H groups in total. The van der Waals surface area contributed by atoms with Crippen molar-refractivity contribution >= 4 is 0 Å². The molecule has 0 amide bonds. The molecule has 0 fully saturated rings. The van der Waals surface area contributed by atoms with E-state index in [-0.39, 0.29) is 6.04 Å². The normalized spacial score (nSPS) is 12.2. The van der Waals surface area contributed by atoms with Gasteiger partial charge >= 0.3 is 0 Å². The molecular weight excluding hydrogens is 209 g/mol. The van der Waals surface area contributed by atoms with Crippen LogP contribution in [0.3, 0.4) is 0 Å². The zero-order valence-corrected chi connectivity index (χ0v) is 9.70. The number of hydrogen-bond acceptors (Lipinski definition) is 3. The Hall–Kier alpha value is -1.29. The minimum atomic E-state index is -0.420. The summed E-state index contributed by atoms with van der Waals surface area (Å²) in [5.41, 5.74) is 6.68. The Morgan fingerprint density at radius 1 is 1.38 bits per heavy atom. The lowest BCUT2D eigenvalue weighted by Crippen LogP contribution is -2.11. The van der Waals surface area contributed by atoms with Crippen molar-refractivity contribution in [1.82, 2.24) is 0 Å². The lowest BCUT2D eigenvalue weighted by molar-refractivity contribution is 0.310. The monoisotopic (exact) mass is 227 g/mol. The highest BCUT2D eigenvalue weighted by atomic mass is 19.1. The van der Waals surface area contributed by atoms with Gasteiger partial charge < -0.3 is 15.2 Å². The Labute approximate surface area is 95.4 Å². The van der Waals surface area contributed by atoms with Crippen LogP contribution < -0.4 is 15.2 Å². The van der Waals surface area contributed by atoms with Crippen molar-refractivity contribution in [2.24, 2.45) is 5.73 Å². The van der Waals surface area contributed by atoms with Crippen molar-refractivity contribution in [2.45, 2.75) is 19.4 Å². The van der Waals surface area contributed by atoms with Crippen LogP contribution in [0.25, 0.3) is 0 Å². The molecule has 16 heavy (non-hydrogen) atoms. The maximum absolute atomic E-state index is 12.2. The average Bonchev–Trinajstić information content (AvgIpc) is 2.30. The summed E-state index contributed by atoms with van der Waals surface area (Å²) < 4.78 is 22.8. The van der Waals surface area contributed by atoms with Crippen LogP contribution in [0.15, 0.2) is 18.2 Å². The standard InChI is InChI=1S/C12H18FNO2/c1-3-16-11-5-4-9(8-12(11)15-2)10(14)6-7-13/h4-5,8,10H,3,6-7,14H2,1-2H3/t10-/m0/s1. The highest BCUT2D eigenvalue weighted by Gasteiger charge is 2.10. The third-order valence-electron chi connectivity index (χ3n) is 2.34. The maximum atomic E-state index is 12.2. The van der Waals surface area contributed by atoms with Crippen LogP contribution in [0, 0.1) is 0 Å². The molecule has 0 aliphatic heterocycles. The fraction of sp³-hybridized carbons (Fsp3) is 0.500. The molecule has 0 unspecified atom stereocenters. The first kappa shape index (κ1) is 12.8. The molecular formula is C12H18FNO2. The second-order valence-electron chi connectivity index (χ2n) is 3.43. The summed E-state index contributed by atoms with van der Waals surface area (Å²) >= 11 is 0. The lowest BCUT2D eigenvalue weighted by atomic mass is 10.0. The van der Waals surface area contributed by atoms with E-state index in [1.165, 1.54) is 0 Å². The van der Waals surface area contributed by atoms with Crippen LogP contribution in [0.5, 0.6) is 11.5 Å². The highest BCUT2D eigenvalue weighted by molar-refractivity contribution is 5.43. The van der Waals surface area contributed by atoms with Crippen molar-refractivity contribution in [2.75, 3.05) is 20.4 Å². The molecule has 90 valence electrons. The summed E-state index contributed by atoms with van der Waals surface area (Å²) in [6, 6.07) is 5.14. The smallest absolute Gasteiger partial charge is 0.161 e. The number of methoxy groups -OCH3 is 1. The van der Waals surface area contributed by atoms with Crippen molar-refractivity contribution in [3.63, 3.8) is 0 Å². The fourth-order valence-electron chi connectivity index (χ4n) is 1.47. The molecule has 0 saturated heterocycles.